The van der Waals surface area contributed by atoms with Gasteiger partial charge in [-0.15, -0.1) is 0 Å². The summed E-state index contributed by atoms with van der Waals surface area (Å²) in [5.41, 5.74) is 0.408. The van der Waals surface area contributed by atoms with Gasteiger partial charge in [0.25, 0.3) is 0 Å². The molecule has 0 bridgehead atoms. The molecule has 0 spiro atoms. The van der Waals surface area contributed by atoms with E-state index < -0.39 is 8.32 Å². The molecule has 0 aliphatic carbocycles. The quantitative estimate of drug-likeness (QED) is 0.700. The number of carbonyl (C=O) groups is 1. The molecule has 0 aromatic heterocycles. The Morgan fingerprint density at radius 2 is 2.19 bits per heavy atom. The van der Waals surface area contributed by atoms with Crippen LogP contribution in [-0.2, 0) is 0 Å². The zero-order chi connectivity index (χ0) is 12.2. The van der Waals surface area contributed by atoms with E-state index in [1.54, 1.807) is 0 Å². The summed E-state index contributed by atoms with van der Waals surface area (Å²) in [6, 6.07) is 0.0488. The van der Waals surface area contributed by atoms with Gasteiger partial charge in [0.1, 0.15) is 0 Å². The van der Waals surface area contributed by atoms with E-state index in [0.717, 1.165) is 38.9 Å². The molecule has 1 unspecified atom stereocenters. The van der Waals surface area contributed by atoms with E-state index in [1.165, 1.54) is 0 Å². The van der Waals surface area contributed by atoms with Gasteiger partial charge in [0.15, 0.2) is 8.32 Å². The summed E-state index contributed by atoms with van der Waals surface area (Å²) in [4.78, 5) is 23.4. The molecular formula is C11H24N2O2Si. The molecule has 1 saturated heterocycles. The monoisotopic (exact) mass is 244 g/mol. The number of hydrogen-bond acceptors (Lipinski definition) is 2. The Kier molecular flexibility index (Phi) is 4.80. The molecule has 2 amide bonds. The topological polar surface area (TPSA) is 52.6 Å². The van der Waals surface area contributed by atoms with E-state index in [2.05, 4.69) is 12.2 Å². The smallest absolute Gasteiger partial charge is 0.317 e. The predicted molar refractivity (Wildman–Crippen MR) is 67.9 cm³/mol. The maximum Gasteiger partial charge on any atom is 0.317 e. The molecule has 0 aromatic carbocycles. The molecule has 1 aliphatic heterocycles. The molecule has 1 aliphatic rings. The summed E-state index contributed by atoms with van der Waals surface area (Å²) in [5, 5.41) is 2.80. The van der Waals surface area contributed by atoms with Gasteiger partial charge in [-0.2, -0.15) is 0 Å². The van der Waals surface area contributed by atoms with Gasteiger partial charge in [0, 0.05) is 19.6 Å². The van der Waals surface area contributed by atoms with Crippen molar-refractivity contribution in [2.24, 2.45) is 0 Å². The highest BCUT2D eigenvalue weighted by Gasteiger charge is 2.30. The Morgan fingerprint density at radius 3 is 2.62 bits per heavy atom. The SMILES string of the molecule is CCCC(CCN1CCNC1=O)[Si](C)(C)O. The van der Waals surface area contributed by atoms with Crippen molar-refractivity contribution >= 4 is 14.3 Å². The Hall–Kier alpha value is -0.553. The van der Waals surface area contributed by atoms with Crippen molar-refractivity contribution in [1.82, 2.24) is 10.2 Å². The van der Waals surface area contributed by atoms with Crippen molar-refractivity contribution in [1.29, 1.82) is 0 Å². The molecule has 1 heterocycles. The Balaban J connectivity index is 2.40. The van der Waals surface area contributed by atoms with Gasteiger partial charge in [-0.1, -0.05) is 19.8 Å². The van der Waals surface area contributed by atoms with E-state index >= 15 is 0 Å². The first kappa shape index (κ1) is 13.5. The Morgan fingerprint density at radius 1 is 1.50 bits per heavy atom. The zero-order valence-electron chi connectivity index (χ0n) is 10.6. The number of urea groups is 1. The summed E-state index contributed by atoms with van der Waals surface area (Å²) in [5.74, 6) is 0. The molecule has 2 N–H and O–H groups in total. The fourth-order valence-electron chi connectivity index (χ4n) is 2.24. The van der Waals surface area contributed by atoms with Gasteiger partial charge < -0.3 is 15.0 Å². The number of carbonyl (C=O) groups excluding carboxylic acids is 1. The van der Waals surface area contributed by atoms with E-state index in [1.807, 2.05) is 18.0 Å². The molecule has 16 heavy (non-hydrogen) atoms. The average molecular weight is 244 g/mol. The molecule has 1 rings (SSSR count). The van der Waals surface area contributed by atoms with Crippen LogP contribution in [0.2, 0.25) is 18.6 Å². The molecule has 0 saturated carbocycles. The predicted octanol–water partition coefficient (Wildman–Crippen LogP) is 1.77. The minimum atomic E-state index is -2.06. The normalized spacial score (nSPS) is 18.8. The lowest BCUT2D eigenvalue weighted by atomic mass is 10.2. The Labute approximate surface area is 99.2 Å². The lowest BCUT2D eigenvalue weighted by Gasteiger charge is -2.28. The number of nitrogens with one attached hydrogen (secondary N) is 1. The van der Waals surface area contributed by atoms with Crippen LogP contribution in [-0.4, -0.2) is 43.7 Å². The van der Waals surface area contributed by atoms with Crippen molar-refractivity contribution in [2.45, 2.75) is 44.8 Å². The van der Waals surface area contributed by atoms with Crippen LogP contribution in [0.4, 0.5) is 4.79 Å². The fraction of sp³-hybridized carbons (Fsp3) is 0.909. The minimum Gasteiger partial charge on any atom is -0.432 e. The van der Waals surface area contributed by atoms with Crippen molar-refractivity contribution in [2.75, 3.05) is 19.6 Å². The number of nitrogens with zero attached hydrogens (tertiary/aromatic N) is 1. The van der Waals surface area contributed by atoms with Crippen LogP contribution in [0.1, 0.15) is 26.2 Å². The first-order valence-electron chi connectivity index (χ1n) is 6.20. The van der Waals surface area contributed by atoms with Crippen LogP contribution >= 0.6 is 0 Å². The lowest BCUT2D eigenvalue weighted by molar-refractivity contribution is 0.216. The van der Waals surface area contributed by atoms with E-state index in [0.29, 0.717) is 5.54 Å². The summed E-state index contributed by atoms with van der Waals surface area (Å²) in [6.07, 6.45) is 3.12. The second-order valence-corrected chi connectivity index (χ2v) is 9.27. The third kappa shape index (κ3) is 3.79. The first-order chi connectivity index (χ1) is 7.45. The summed E-state index contributed by atoms with van der Waals surface area (Å²) in [7, 11) is -2.06. The summed E-state index contributed by atoms with van der Waals surface area (Å²) in [6.45, 7) is 8.50. The van der Waals surface area contributed by atoms with Crippen LogP contribution in [0.25, 0.3) is 0 Å². The molecule has 0 radical (unpaired) electrons. The summed E-state index contributed by atoms with van der Waals surface area (Å²) < 4.78 is 0. The maximum absolute atomic E-state index is 11.4. The maximum atomic E-state index is 11.4. The third-order valence-corrected chi connectivity index (χ3v) is 5.90. The van der Waals surface area contributed by atoms with Crippen LogP contribution in [0.5, 0.6) is 0 Å². The van der Waals surface area contributed by atoms with Gasteiger partial charge in [-0.05, 0) is 25.1 Å². The number of amides is 2. The molecule has 4 nitrogen and oxygen atoms in total. The lowest BCUT2D eigenvalue weighted by Crippen LogP contribution is -2.36. The van der Waals surface area contributed by atoms with Crippen molar-refractivity contribution in [3.8, 4) is 0 Å². The summed E-state index contributed by atoms with van der Waals surface area (Å²) >= 11 is 0. The van der Waals surface area contributed by atoms with Gasteiger partial charge in [0.05, 0.1) is 0 Å². The van der Waals surface area contributed by atoms with Crippen molar-refractivity contribution in [3.05, 3.63) is 0 Å². The molecule has 5 heteroatoms. The molecule has 0 aromatic rings. The number of hydrogen-bond donors (Lipinski definition) is 2. The third-order valence-electron chi connectivity index (χ3n) is 3.33. The van der Waals surface area contributed by atoms with Gasteiger partial charge >= 0.3 is 6.03 Å². The molecule has 1 atom stereocenters. The second-order valence-electron chi connectivity index (χ2n) is 5.15. The highest BCUT2D eigenvalue weighted by atomic mass is 28.4. The molecular weight excluding hydrogens is 220 g/mol. The second kappa shape index (κ2) is 5.68. The van der Waals surface area contributed by atoms with Crippen LogP contribution < -0.4 is 5.32 Å². The number of rotatable bonds is 6. The average Bonchev–Trinajstić information content (AvgIpc) is 2.57. The first-order valence-corrected chi connectivity index (χ1v) is 9.22. The van der Waals surface area contributed by atoms with Crippen LogP contribution in [0.3, 0.4) is 0 Å². The van der Waals surface area contributed by atoms with Crippen LogP contribution in [0.15, 0.2) is 0 Å². The highest BCUT2D eigenvalue weighted by molar-refractivity contribution is 6.71. The van der Waals surface area contributed by atoms with E-state index in [4.69, 9.17) is 0 Å². The largest absolute Gasteiger partial charge is 0.432 e. The van der Waals surface area contributed by atoms with Crippen molar-refractivity contribution < 1.29 is 9.59 Å². The molecule has 1 fully saturated rings. The Bertz CT molecular complexity index is 241. The van der Waals surface area contributed by atoms with Gasteiger partial charge in [0.2, 0.25) is 0 Å². The standard InChI is InChI=1S/C11H24N2O2Si/c1-4-5-10(16(2,3)15)6-8-13-9-7-12-11(13)14/h10,15H,4-9H2,1-3H3,(H,12,14). The zero-order valence-corrected chi connectivity index (χ0v) is 11.6. The minimum absolute atomic E-state index is 0.0488. The molecule has 94 valence electrons. The fourth-order valence-corrected chi connectivity index (χ4v) is 4.07. The van der Waals surface area contributed by atoms with E-state index in [9.17, 15) is 9.59 Å². The van der Waals surface area contributed by atoms with Gasteiger partial charge in [-0.3, -0.25) is 0 Å². The van der Waals surface area contributed by atoms with Gasteiger partial charge in [-0.25, -0.2) is 4.79 Å². The van der Waals surface area contributed by atoms with E-state index in [-0.39, 0.29) is 6.03 Å². The van der Waals surface area contributed by atoms with Crippen LogP contribution in [0, 0.1) is 0 Å². The highest BCUT2D eigenvalue weighted by Crippen LogP contribution is 2.28. The van der Waals surface area contributed by atoms with Crippen molar-refractivity contribution in [3.63, 3.8) is 0 Å².